The van der Waals surface area contributed by atoms with E-state index in [0.717, 1.165) is 0 Å². The summed E-state index contributed by atoms with van der Waals surface area (Å²) in [5, 5.41) is 0.556. The molecular formula is C6H5N3OP+. The first kappa shape index (κ1) is 7.73. The van der Waals surface area contributed by atoms with E-state index in [1.165, 1.54) is 0 Å². The lowest BCUT2D eigenvalue weighted by Gasteiger charge is -1.78. The lowest BCUT2D eigenvalue weighted by molar-refractivity contribution is 0.594. The lowest BCUT2D eigenvalue weighted by Crippen LogP contribution is -1.90. The standard InChI is InChI=1S/C6H5N3OP/c7-8-9-11(10)6-4-2-1-3-5-6/h1-5H/q+1. The van der Waals surface area contributed by atoms with E-state index in [1.807, 2.05) is 6.07 Å². The molecule has 0 bridgehead atoms. The van der Waals surface area contributed by atoms with Gasteiger partial charge in [-0.3, -0.25) is 0 Å². The van der Waals surface area contributed by atoms with Crippen molar-refractivity contribution in [2.24, 2.45) is 4.88 Å². The van der Waals surface area contributed by atoms with Crippen molar-refractivity contribution in [1.29, 1.82) is 0 Å². The minimum absolute atomic E-state index is 0.556. The van der Waals surface area contributed by atoms with Gasteiger partial charge in [0.15, 0.2) is 4.88 Å². The van der Waals surface area contributed by atoms with Gasteiger partial charge in [-0.1, -0.05) is 22.8 Å². The molecule has 0 N–H and O–H groups in total. The fourth-order valence-corrected chi connectivity index (χ4v) is 1.25. The van der Waals surface area contributed by atoms with Crippen molar-refractivity contribution < 1.29 is 4.57 Å². The zero-order valence-corrected chi connectivity index (χ0v) is 6.48. The molecule has 0 saturated heterocycles. The zero-order chi connectivity index (χ0) is 8.10. The van der Waals surface area contributed by atoms with Crippen LogP contribution in [0.2, 0.25) is 0 Å². The third-order valence-corrected chi connectivity index (χ3v) is 2.08. The highest BCUT2D eigenvalue weighted by atomic mass is 31.1. The molecule has 0 radical (unpaired) electrons. The quantitative estimate of drug-likeness (QED) is 0.288. The second-order valence-corrected chi connectivity index (χ2v) is 3.03. The number of rotatable bonds is 2. The molecule has 1 atom stereocenters. The largest absolute Gasteiger partial charge is 0.499 e. The number of nitrogens with zero attached hydrogens (tertiary/aromatic N) is 3. The number of hydrogen-bond acceptors (Lipinski definition) is 1. The molecule has 1 aromatic carbocycles. The Morgan fingerprint density at radius 2 is 2.00 bits per heavy atom. The van der Waals surface area contributed by atoms with E-state index in [1.54, 1.807) is 24.3 Å². The summed E-state index contributed by atoms with van der Waals surface area (Å²) in [4.78, 5) is 5.54. The van der Waals surface area contributed by atoms with Gasteiger partial charge in [0.25, 0.3) is 0 Å². The Morgan fingerprint density at radius 1 is 1.36 bits per heavy atom. The van der Waals surface area contributed by atoms with Gasteiger partial charge in [-0.15, -0.1) is 0 Å². The topological polar surface area (TPSA) is 65.8 Å². The van der Waals surface area contributed by atoms with Crippen LogP contribution in [0.4, 0.5) is 0 Å². The predicted molar refractivity (Wildman–Crippen MR) is 42.8 cm³/mol. The number of azide groups is 1. The maximum atomic E-state index is 11.0. The van der Waals surface area contributed by atoms with Crippen LogP contribution in [0.25, 0.3) is 10.4 Å². The van der Waals surface area contributed by atoms with Crippen LogP contribution in [0.1, 0.15) is 0 Å². The Balaban J connectivity index is 2.94. The third kappa shape index (κ3) is 2.04. The van der Waals surface area contributed by atoms with E-state index < -0.39 is 7.95 Å². The minimum atomic E-state index is -1.92. The van der Waals surface area contributed by atoms with Gasteiger partial charge in [0.2, 0.25) is 5.30 Å². The molecule has 0 aliphatic heterocycles. The van der Waals surface area contributed by atoms with Crippen LogP contribution >= 0.6 is 7.95 Å². The van der Waals surface area contributed by atoms with E-state index in [2.05, 4.69) is 9.80 Å². The minimum Gasteiger partial charge on any atom is -0.0619 e. The van der Waals surface area contributed by atoms with Crippen molar-refractivity contribution in [2.75, 3.05) is 0 Å². The van der Waals surface area contributed by atoms with Crippen LogP contribution in [0, 0.1) is 0 Å². The number of benzene rings is 1. The summed E-state index contributed by atoms with van der Waals surface area (Å²) in [6.07, 6.45) is 0. The molecule has 0 heterocycles. The molecule has 1 rings (SSSR count). The molecule has 5 heteroatoms. The van der Waals surface area contributed by atoms with E-state index in [-0.39, 0.29) is 0 Å². The van der Waals surface area contributed by atoms with Crippen LogP contribution in [-0.4, -0.2) is 0 Å². The van der Waals surface area contributed by atoms with Gasteiger partial charge >= 0.3 is 7.95 Å². The van der Waals surface area contributed by atoms with Crippen molar-refractivity contribution in [3.63, 3.8) is 0 Å². The van der Waals surface area contributed by atoms with Crippen LogP contribution in [0.3, 0.4) is 0 Å². The van der Waals surface area contributed by atoms with E-state index in [0.29, 0.717) is 5.30 Å². The summed E-state index contributed by atoms with van der Waals surface area (Å²) in [6, 6.07) is 8.62. The predicted octanol–water partition coefficient (Wildman–Crippen LogP) is 2.36. The smallest absolute Gasteiger partial charge is 0.0619 e. The van der Waals surface area contributed by atoms with Gasteiger partial charge in [0.05, 0.1) is 0 Å². The Bertz CT molecular complexity index is 305. The van der Waals surface area contributed by atoms with Gasteiger partial charge in [0, 0.05) is 10.4 Å². The van der Waals surface area contributed by atoms with Crippen LogP contribution < -0.4 is 5.30 Å². The van der Waals surface area contributed by atoms with Crippen molar-refractivity contribution in [2.45, 2.75) is 0 Å². The Hall–Kier alpha value is -1.37. The van der Waals surface area contributed by atoms with E-state index in [4.69, 9.17) is 5.53 Å². The van der Waals surface area contributed by atoms with Crippen molar-refractivity contribution >= 4 is 13.3 Å². The Labute approximate surface area is 64.3 Å². The Morgan fingerprint density at radius 3 is 2.55 bits per heavy atom. The highest BCUT2D eigenvalue weighted by molar-refractivity contribution is 7.51. The summed E-state index contributed by atoms with van der Waals surface area (Å²) in [7, 11) is -1.92. The molecule has 0 amide bonds. The first-order valence-electron chi connectivity index (χ1n) is 2.92. The van der Waals surface area contributed by atoms with Gasteiger partial charge in [-0.2, -0.15) is 0 Å². The molecule has 1 aromatic rings. The molecule has 11 heavy (non-hydrogen) atoms. The van der Waals surface area contributed by atoms with Gasteiger partial charge in [-0.25, -0.2) is 0 Å². The average molecular weight is 166 g/mol. The maximum absolute atomic E-state index is 11.0. The average Bonchev–Trinajstić information content (AvgIpc) is 2.07. The first-order chi connectivity index (χ1) is 5.34. The van der Waals surface area contributed by atoms with Crippen LogP contribution in [0.15, 0.2) is 35.2 Å². The molecule has 1 unspecified atom stereocenters. The summed E-state index contributed by atoms with van der Waals surface area (Å²) < 4.78 is 11.0. The van der Waals surface area contributed by atoms with E-state index in [9.17, 15) is 4.57 Å². The van der Waals surface area contributed by atoms with Crippen molar-refractivity contribution in [1.82, 2.24) is 0 Å². The molecule has 54 valence electrons. The SMILES string of the molecule is [N-]=[N+]=N[P+](=O)c1ccccc1. The van der Waals surface area contributed by atoms with E-state index >= 15 is 0 Å². The van der Waals surface area contributed by atoms with Crippen molar-refractivity contribution in [3.8, 4) is 0 Å². The second kappa shape index (κ2) is 3.71. The highest BCUT2D eigenvalue weighted by Crippen LogP contribution is 2.20. The highest BCUT2D eigenvalue weighted by Gasteiger charge is 2.16. The monoisotopic (exact) mass is 166 g/mol. The van der Waals surface area contributed by atoms with Gasteiger partial charge in [0.1, 0.15) is 0 Å². The Kier molecular flexibility index (Phi) is 2.61. The lowest BCUT2D eigenvalue weighted by atomic mass is 10.4. The molecule has 0 aliphatic rings. The summed E-state index contributed by atoms with van der Waals surface area (Å²) in [5.74, 6) is 0. The van der Waals surface area contributed by atoms with Gasteiger partial charge < -0.3 is 0 Å². The fourth-order valence-electron chi connectivity index (χ4n) is 0.643. The molecule has 0 spiro atoms. The molecule has 0 fully saturated rings. The van der Waals surface area contributed by atoms with Gasteiger partial charge in [-0.05, 0) is 12.1 Å². The normalized spacial score (nSPS) is 10.0. The maximum Gasteiger partial charge on any atom is 0.499 e. The second-order valence-electron chi connectivity index (χ2n) is 1.79. The summed E-state index contributed by atoms with van der Waals surface area (Å²) in [5.41, 5.74) is 7.97. The van der Waals surface area contributed by atoms with Crippen molar-refractivity contribution in [3.05, 3.63) is 40.8 Å². The zero-order valence-electron chi connectivity index (χ0n) is 5.58. The molecular weight excluding hydrogens is 161 g/mol. The number of hydrogen-bond donors (Lipinski definition) is 0. The third-order valence-electron chi connectivity index (χ3n) is 1.10. The molecule has 0 aromatic heterocycles. The van der Waals surface area contributed by atoms with Crippen LogP contribution in [-0.2, 0) is 4.57 Å². The summed E-state index contributed by atoms with van der Waals surface area (Å²) >= 11 is 0. The fraction of sp³-hybridized carbons (Fsp3) is 0. The molecule has 4 nitrogen and oxygen atoms in total. The molecule has 0 aliphatic carbocycles. The van der Waals surface area contributed by atoms with Crippen LogP contribution in [0.5, 0.6) is 0 Å². The first-order valence-corrected chi connectivity index (χ1v) is 4.13. The summed E-state index contributed by atoms with van der Waals surface area (Å²) in [6.45, 7) is 0. The molecule has 0 saturated carbocycles.